The Labute approximate surface area is 140 Å². The molecule has 0 bridgehead atoms. The molecule has 0 aliphatic carbocycles. The molecule has 1 fully saturated rings. The molecule has 1 saturated heterocycles. The average Bonchev–Trinajstić information content (AvgIpc) is 2.94. The van der Waals surface area contributed by atoms with Gasteiger partial charge in [0.2, 0.25) is 5.91 Å². The highest BCUT2D eigenvalue weighted by molar-refractivity contribution is 5.97. The Morgan fingerprint density at radius 3 is 2.75 bits per heavy atom. The Bertz CT molecular complexity index is 593. The number of amides is 3. The maximum atomic E-state index is 12.2. The number of nitrogens with zero attached hydrogens (tertiary/aromatic N) is 1. The van der Waals surface area contributed by atoms with E-state index in [1.165, 1.54) is 7.11 Å². The van der Waals surface area contributed by atoms with Gasteiger partial charge in [0.05, 0.1) is 20.3 Å². The number of aliphatic hydroxyl groups is 1. The third kappa shape index (κ3) is 4.29. The second-order valence-electron chi connectivity index (χ2n) is 5.42. The summed E-state index contributed by atoms with van der Waals surface area (Å²) in [4.78, 5) is 25.6. The van der Waals surface area contributed by atoms with Crippen LogP contribution in [0.3, 0.4) is 0 Å². The number of urea groups is 1. The zero-order chi connectivity index (χ0) is 17.5. The lowest BCUT2D eigenvalue weighted by atomic mass is 10.2. The van der Waals surface area contributed by atoms with Crippen molar-refractivity contribution >= 4 is 17.6 Å². The number of rotatable bonds is 7. The van der Waals surface area contributed by atoms with Crippen LogP contribution in [0.1, 0.15) is 12.8 Å². The van der Waals surface area contributed by atoms with Gasteiger partial charge in [0.15, 0.2) is 11.5 Å². The number of ether oxygens (including phenoxy) is 2. The van der Waals surface area contributed by atoms with Crippen LogP contribution in [0.4, 0.5) is 10.5 Å². The lowest BCUT2D eigenvalue weighted by Gasteiger charge is -2.19. The van der Waals surface area contributed by atoms with Crippen molar-refractivity contribution in [3.63, 3.8) is 0 Å². The van der Waals surface area contributed by atoms with Gasteiger partial charge in [-0.2, -0.15) is 0 Å². The molecule has 0 spiro atoms. The first-order valence-corrected chi connectivity index (χ1v) is 7.76. The highest BCUT2D eigenvalue weighted by Gasteiger charge is 2.32. The van der Waals surface area contributed by atoms with Crippen molar-refractivity contribution < 1.29 is 24.2 Å². The van der Waals surface area contributed by atoms with Crippen LogP contribution in [-0.4, -0.2) is 57.0 Å². The van der Waals surface area contributed by atoms with Crippen molar-refractivity contribution in [2.24, 2.45) is 0 Å². The van der Waals surface area contributed by atoms with Gasteiger partial charge in [-0.05, 0) is 18.6 Å². The van der Waals surface area contributed by atoms with E-state index in [9.17, 15) is 9.59 Å². The van der Waals surface area contributed by atoms with Gasteiger partial charge in [-0.15, -0.1) is 0 Å². The van der Waals surface area contributed by atoms with Crippen LogP contribution in [0.5, 0.6) is 11.5 Å². The van der Waals surface area contributed by atoms with E-state index in [0.29, 0.717) is 36.7 Å². The average molecular weight is 337 g/mol. The van der Waals surface area contributed by atoms with Gasteiger partial charge >= 0.3 is 6.03 Å². The summed E-state index contributed by atoms with van der Waals surface area (Å²) in [6, 6.07) is 4.66. The van der Waals surface area contributed by atoms with E-state index in [0.717, 1.165) is 0 Å². The number of benzene rings is 1. The van der Waals surface area contributed by atoms with Crippen LogP contribution in [0.2, 0.25) is 0 Å². The Morgan fingerprint density at radius 2 is 2.08 bits per heavy atom. The minimum atomic E-state index is -0.338. The molecule has 1 aliphatic rings. The van der Waals surface area contributed by atoms with E-state index in [4.69, 9.17) is 14.6 Å². The highest BCUT2D eigenvalue weighted by Crippen LogP contribution is 2.33. The highest BCUT2D eigenvalue weighted by atomic mass is 16.5. The number of hydrogen-bond donors (Lipinski definition) is 3. The molecule has 8 heteroatoms. The van der Waals surface area contributed by atoms with Crippen molar-refractivity contribution in [2.75, 3.05) is 38.8 Å². The fourth-order valence-electron chi connectivity index (χ4n) is 2.56. The molecule has 0 radical (unpaired) electrons. The summed E-state index contributed by atoms with van der Waals surface area (Å²) in [6.45, 7) is 0.805. The smallest absolute Gasteiger partial charge is 0.315 e. The van der Waals surface area contributed by atoms with E-state index in [1.54, 1.807) is 30.2 Å². The van der Waals surface area contributed by atoms with Crippen LogP contribution >= 0.6 is 0 Å². The van der Waals surface area contributed by atoms with Crippen LogP contribution in [0.15, 0.2) is 18.2 Å². The van der Waals surface area contributed by atoms with Gasteiger partial charge in [-0.1, -0.05) is 0 Å². The van der Waals surface area contributed by atoms with Gasteiger partial charge in [0.25, 0.3) is 0 Å². The molecule has 2 rings (SSSR count). The molecule has 3 amide bonds. The van der Waals surface area contributed by atoms with Crippen molar-refractivity contribution in [3.05, 3.63) is 18.2 Å². The summed E-state index contributed by atoms with van der Waals surface area (Å²) in [7, 11) is 3.09. The third-order valence-electron chi connectivity index (χ3n) is 3.76. The van der Waals surface area contributed by atoms with Crippen molar-refractivity contribution in [1.29, 1.82) is 0 Å². The van der Waals surface area contributed by atoms with E-state index in [-0.39, 0.29) is 31.0 Å². The van der Waals surface area contributed by atoms with Crippen LogP contribution < -0.4 is 25.0 Å². The topological polar surface area (TPSA) is 100 Å². The molecular weight excluding hydrogens is 314 g/mol. The molecular formula is C16H23N3O5. The van der Waals surface area contributed by atoms with Crippen LogP contribution in [0, 0.1) is 0 Å². The predicted molar refractivity (Wildman–Crippen MR) is 88.5 cm³/mol. The monoisotopic (exact) mass is 337 g/mol. The Balaban J connectivity index is 1.98. The second-order valence-corrected chi connectivity index (χ2v) is 5.42. The Hall–Kier alpha value is -2.48. The lowest BCUT2D eigenvalue weighted by Crippen LogP contribution is -2.43. The number of carbonyl (C=O) groups is 2. The molecule has 1 aromatic rings. The normalized spacial score (nSPS) is 16.9. The summed E-state index contributed by atoms with van der Waals surface area (Å²) in [5, 5.41) is 14.1. The summed E-state index contributed by atoms with van der Waals surface area (Å²) in [5.41, 5.74) is 0.697. The number of anilines is 1. The van der Waals surface area contributed by atoms with E-state index in [1.807, 2.05) is 0 Å². The standard InChI is InChI=1S/C16H23N3O5/c1-23-13-5-4-12(9-14(13)24-2)19-10-11(8-15(19)21)18-16(22)17-6-3-7-20/h4-5,9,11,20H,3,6-8,10H2,1-2H3,(H2,17,18,22)/t11-/m0/s1. The molecule has 0 saturated carbocycles. The predicted octanol–water partition coefficient (Wildman–Crippen LogP) is 0.491. The summed E-state index contributed by atoms with van der Waals surface area (Å²) < 4.78 is 10.4. The van der Waals surface area contributed by atoms with Gasteiger partial charge in [-0.3, -0.25) is 4.79 Å². The number of methoxy groups -OCH3 is 2. The molecule has 3 N–H and O–H groups in total. The zero-order valence-electron chi connectivity index (χ0n) is 13.9. The molecule has 1 atom stereocenters. The first-order valence-electron chi connectivity index (χ1n) is 7.76. The molecule has 132 valence electrons. The van der Waals surface area contributed by atoms with Gasteiger partial charge < -0.3 is 30.1 Å². The Kier molecular flexibility index (Phi) is 6.25. The lowest BCUT2D eigenvalue weighted by molar-refractivity contribution is -0.117. The van der Waals surface area contributed by atoms with E-state index >= 15 is 0 Å². The largest absolute Gasteiger partial charge is 0.493 e. The quantitative estimate of drug-likeness (QED) is 0.629. The molecule has 1 aliphatic heterocycles. The molecule has 24 heavy (non-hydrogen) atoms. The minimum absolute atomic E-state index is 0.0231. The van der Waals surface area contributed by atoms with Crippen LogP contribution in [0.25, 0.3) is 0 Å². The zero-order valence-corrected chi connectivity index (χ0v) is 13.9. The molecule has 1 heterocycles. The van der Waals surface area contributed by atoms with Crippen LogP contribution in [-0.2, 0) is 4.79 Å². The summed E-state index contributed by atoms with van der Waals surface area (Å²) in [5.74, 6) is 1.06. The number of aliphatic hydroxyl groups excluding tert-OH is 1. The van der Waals surface area contributed by atoms with E-state index < -0.39 is 0 Å². The van der Waals surface area contributed by atoms with Crippen molar-refractivity contribution in [2.45, 2.75) is 18.9 Å². The number of carbonyl (C=O) groups excluding carboxylic acids is 2. The second kappa shape index (κ2) is 8.39. The van der Waals surface area contributed by atoms with Gasteiger partial charge in [0, 0.05) is 37.9 Å². The Morgan fingerprint density at radius 1 is 1.33 bits per heavy atom. The fraction of sp³-hybridized carbons (Fsp3) is 0.500. The maximum Gasteiger partial charge on any atom is 0.315 e. The molecule has 1 aromatic carbocycles. The van der Waals surface area contributed by atoms with Crippen molar-refractivity contribution in [3.8, 4) is 11.5 Å². The van der Waals surface area contributed by atoms with Crippen molar-refractivity contribution in [1.82, 2.24) is 10.6 Å². The molecule has 0 unspecified atom stereocenters. The van der Waals surface area contributed by atoms with E-state index in [2.05, 4.69) is 10.6 Å². The summed E-state index contributed by atoms with van der Waals surface area (Å²) >= 11 is 0. The molecule has 8 nitrogen and oxygen atoms in total. The number of hydrogen-bond acceptors (Lipinski definition) is 5. The number of nitrogens with one attached hydrogen (secondary N) is 2. The SMILES string of the molecule is COc1ccc(N2C[C@@H](NC(=O)NCCCO)CC2=O)cc1OC. The third-order valence-corrected chi connectivity index (χ3v) is 3.76. The van der Waals surface area contributed by atoms with Gasteiger partial charge in [-0.25, -0.2) is 4.79 Å². The summed E-state index contributed by atoms with van der Waals surface area (Å²) in [6.07, 6.45) is 0.733. The fourth-order valence-corrected chi connectivity index (χ4v) is 2.56. The molecule has 0 aromatic heterocycles. The first-order chi connectivity index (χ1) is 11.6. The van der Waals surface area contributed by atoms with Gasteiger partial charge in [0.1, 0.15) is 0 Å². The first kappa shape index (κ1) is 17.9. The minimum Gasteiger partial charge on any atom is -0.493 e. The maximum absolute atomic E-state index is 12.2.